The van der Waals surface area contributed by atoms with Crippen molar-refractivity contribution in [3.63, 3.8) is 0 Å². The number of rotatable bonds is 20. The number of ketones is 1. The molecule has 3 atom stereocenters. The zero-order chi connectivity index (χ0) is 33.9. The quantitative estimate of drug-likeness (QED) is 0.0910. The summed E-state index contributed by atoms with van der Waals surface area (Å²) in [5.74, 6) is -3.01. The Hall–Kier alpha value is -4.75. The number of halogens is 1. The highest BCUT2D eigenvalue weighted by Crippen LogP contribution is 2.10. The van der Waals surface area contributed by atoms with E-state index in [4.69, 9.17) is 27.8 Å². The van der Waals surface area contributed by atoms with Gasteiger partial charge in [-0.25, -0.2) is 4.79 Å². The average molecular weight is 657 g/mol. The zero-order valence-electron chi connectivity index (χ0n) is 25.6. The van der Waals surface area contributed by atoms with Gasteiger partial charge < -0.3 is 32.2 Å². The number of carbonyl (C=O) groups excluding carboxylic acids is 6. The number of hydrogen-bond acceptors (Lipinski definition) is 8. The topological polar surface area (TPSA) is 212 Å². The van der Waals surface area contributed by atoms with Gasteiger partial charge >= 0.3 is 6.09 Å². The lowest BCUT2D eigenvalue weighted by Crippen LogP contribution is -2.52. The van der Waals surface area contributed by atoms with E-state index < -0.39 is 47.8 Å². The molecule has 0 saturated carbocycles. The minimum atomic E-state index is -1.16. The van der Waals surface area contributed by atoms with Crippen LogP contribution in [0.4, 0.5) is 4.79 Å². The number of amides is 5. The van der Waals surface area contributed by atoms with Crippen LogP contribution in [0.1, 0.15) is 50.2 Å². The summed E-state index contributed by atoms with van der Waals surface area (Å²) in [6.45, 7) is 1.82. The second-order valence-corrected chi connectivity index (χ2v) is 10.9. The van der Waals surface area contributed by atoms with Crippen molar-refractivity contribution in [2.75, 3.05) is 13.1 Å². The van der Waals surface area contributed by atoms with Gasteiger partial charge in [-0.05, 0) is 61.9 Å². The van der Waals surface area contributed by atoms with Crippen LogP contribution in [0.15, 0.2) is 60.7 Å². The molecule has 13 nitrogen and oxygen atoms in total. The molecule has 0 radical (unpaired) electrons. The van der Waals surface area contributed by atoms with Crippen molar-refractivity contribution in [3.8, 4) is 0 Å². The maximum absolute atomic E-state index is 12.6. The Bertz CT molecular complexity index is 1350. The Morgan fingerprint density at radius 1 is 0.870 bits per heavy atom. The molecule has 2 rings (SSSR count). The highest BCUT2D eigenvalue weighted by molar-refractivity contribution is 6.30. The zero-order valence-corrected chi connectivity index (χ0v) is 26.4. The number of hydrogen-bond donors (Lipinski definition) is 6. The molecule has 1 unspecified atom stereocenters. The van der Waals surface area contributed by atoms with Crippen LogP contribution in [0.2, 0.25) is 5.02 Å². The number of alkyl carbamates (subject to hydrolysis) is 1. The van der Waals surface area contributed by atoms with Crippen LogP contribution in [-0.4, -0.2) is 66.7 Å². The molecule has 0 fully saturated rings. The van der Waals surface area contributed by atoms with E-state index in [1.165, 1.54) is 13.0 Å². The summed E-state index contributed by atoms with van der Waals surface area (Å²) in [4.78, 5) is 72.9. The van der Waals surface area contributed by atoms with Crippen LogP contribution in [-0.2, 0) is 35.3 Å². The van der Waals surface area contributed by atoms with Gasteiger partial charge in [-0.15, -0.1) is 0 Å². The van der Waals surface area contributed by atoms with Gasteiger partial charge in [0.2, 0.25) is 23.6 Å². The predicted molar refractivity (Wildman–Crippen MR) is 173 cm³/mol. The van der Waals surface area contributed by atoms with E-state index in [9.17, 15) is 28.8 Å². The lowest BCUT2D eigenvalue weighted by atomic mass is 10.1. The summed E-state index contributed by atoms with van der Waals surface area (Å²) in [7, 11) is 0. The smallest absolute Gasteiger partial charge is 0.407 e. The molecule has 248 valence electrons. The van der Waals surface area contributed by atoms with Crippen molar-refractivity contribution in [3.05, 3.63) is 76.8 Å². The average Bonchev–Trinajstić information content (AvgIpc) is 3.03. The SMILES string of the molecule is CC(NCC(=O)/C=C/c1ccc(Cl)cc1)C(=O)N[C@@H](CCC(=O)N[C@@H](CCCCNC(=O)OCc1ccccc1)C(N)=O)C(N)=O. The summed E-state index contributed by atoms with van der Waals surface area (Å²) >= 11 is 5.85. The molecular formula is C32H41ClN6O7. The third-order valence-electron chi connectivity index (χ3n) is 6.71. The summed E-state index contributed by atoms with van der Waals surface area (Å²) < 4.78 is 5.13. The lowest BCUT2D eigenvalue weighted by Gasteiger charge is -2.20. The third kappa shape index (κ3) is 15.3. The third-order valence-corrected chi connectivity index (χ3v) is 6.96. The fourth-order valence-electron chi connectivity index (χ4n) is 4.02. The van der Waals surface area contributed by atoms with Crippen molar-refractivity contribution >= 4 is 53.2 Å². The fourth-order valence-corrected chi connectivity index (χ4v) is 4.14. The van der Waals surface area contributed by atoms with Crippen LogP contribution in [0.25, 0.3) is 6.08 Å². The summed E-state index contributed by atoms with van der Waals surface area (Å²) in [5.41, 5.74) is 12.5. The van der Waals surface area contributed by atoms with E-state index in [-0.39, 0.29) is 38.2 Å². The Labute approximate surface area is 272 Å². The first-order valence-electron chi connectivity index (χ1n) is 14.8. The van der Waals surface area contributed by atoms with Crippen LogP contribution in [0.3, 0.4) is 0 Å². The monoisotopic (exact) mass is 656 g/mol. The summed E-state index contributed by atoms with van der Waals surface area (Å²) in [6.07, 6.45) is 3.28. The molecule has 0 aliphatic rings. The summed E-state index contributed by atoms with van der Waals surface area (Å²) in [6, 6.07) is 13.2. The second-order valence-electron chi connectivity index (χ2n) is 10.5. The van der Waals surface area contributed by atoms with Gasteiger partial charge in [0.05, 0.1) is 12.6 Å². The van der Waals surface area contributed by atoms with Gasteiger partial charge in [0.15, 0.2) is 5.78 Å². The molecular weight excluding hydrogens is 616 g/mol. The highest BCUT2D eigenvalue weighted by atomic mass is 35.5. The maximum Gasteiger partial charge on any atom is 0.407 e. The molecule has 0 aliphatic heterocycles. The predicted octanol–water partition coefficient (Wildman–Crippen LogP) is 1.72. The molecule has 0 bridgehead atoms. The van der Waals surface area contributed by atoms with Gasteiger partial charge in [0.1, 0.15) is 18.7 Å². The van der Waals surface area contributed by atoms with Crippen LogP contribution < -0.4 is 32.7 Å². The van der Waals surface area contributed by atoms with Crippen molar-refractivity contribution < 1.29 is 33.5 Å². The van der Waals surface area contributed by atoms with Crippen molar-refractivity contribution in [2.24, 2.45) is 11.5 Å². The number of carbonyl (C=O) groups is 6. The number of benzene rings is 2. The number of nitrogens with one attached hydrogen (secondary N) is 4. The largest absolute Gasteiger partial charge is 0.445 e. The van der Waals surface area contributed by atoms with E-state index in [1.54, 1.807) is 30.3 Å². The van der Waals surface area contributed by atoms with E-state index in [1.807, 2.05) is 30.3 Å². The molecule has 0 heterocycles. The van der Waals surface area contributed by atoms with Gasteiger partial charge in [-0.2, -0.15) is 0 Å². The van der Waals surface area contributed by atoms with Gasteiger partial charge in [0, 0.05) is 18.0 Å². The number of unbranched alkanes of at least 4 members (excludes halogenated alkanes) is 1. The second kappa shape index (κ2) is 20.3. The highest BCUT2D eigenvalue weighted by Gasteiger charge is 2.24. The molecule has 0 aliphatic carbocycles. The number of nitrogens with two attached hydrogens (primary N) is 2. The summed E-state index contributed by atoms with van der Waals surface area (Å²) in [5, 5.41) is 11.0. The van der Waals surface area contributed by atoms with E-state index in [0.29, 0.717) is 24.4 Å². The van der Waals surface area contributed by atoms with E-state index >= 15 is 0 Å². The molecule has 0 spiro atoms. The normalized spacial score (nSPS) is 12.8. The lowest BCUT2D eigenvalue weighted by molar-refractivity contribution is -0.130. The molecule has 2 aromatic rings. The molecule has 8 N–H and O–H groups in total. The molecule has 14 heteroatoms. The van der Waals surface area contributed by atoms with Crippen LogP contribution in [0, 0.1) is 0 Å². The Morgan fingerprint density at radius 3 is 2.17 bits per heavy atom. The van der Waals surface area contributed by atoms with Crippen LogP contribution in [0.5, 0.6) is 0 Å². The minimum absolute atomic E-state index is 0.122. The van der Waals surface area contributed by atoms with Crippen molar-refractivity contribution in [1.82, 2.24) is 21.3 Å². The Balaban J connectivity index is 1.69. The molecule has 0 saturated heterocycles. The molecule has 2 aromatic carbocycles. The fraction of sp³-hybridized carbons (Fsp3) is 0.375. The minimum Gasteiger partial charge on any atom is -0.445 e. The standard InChI is InChI=1S/C32H41ClN6O7/c1-21(37-19-25(40)15-12-22-10-13-24(33)14-11-22)31(44)39-27(30(35)43)16-17-28(41)38-26(29(34)42)9-5-6-18-36-32(45)46-20-23-7-3-2-4-8-23/h2-4,7-8,10-15,21,26-27,37H,5-6,9,16-20H2,1H3,(H2,34,42)(H2,35,43)(H,36,45)(H,38,41)(H,39,44)/b15-12+/t21?,26-,27-/m0/s1. The molecule has 5 amide bonds. The van der Waals surface area contributed by atoms with Crippen LogP contribution >= 0.6 is 11.6 Å². The van der Waals surface area contributed by atoms with E-state index in [0.717, 1.165) is 11.1 Å². The Kier molecular flexibility index (Phi) is 16.5. The first-order valence-corrected chi connectivity index (χ1v) is 15.1. The number of primary amides is 2. The number of ether oxygens (including phenoxy) is 1. The first kappa shape index (κ1) is 37.4. The van der Waals surface area contributed by atoms with Gasteiger partial charge in [-0.1, -0.05) is 60.1 Å². The molecule has 46 heavy (non-hydrogen) atoms. The first-order chi connectivity index (χ1) is 21.9. The van der Waals surface area contributed by atoms with E-state index in [2.05, 4.69) is 21.3 Å². The van der Waals surface area contributed by atoms with Crippen molar-refractivity contribution in [1.29, 1.82) is 0 Å². The van der Waals surface area contributed by atoms with Gasteiger partial charge in [-0.3, -0.25) is 29.3 Å². The molecule has 0 aromatic heterocycles. The maximum atomic E-state index is 12.6. The van der Waals surface area contributed by atoms with Gasteiger partial charge in [0.25, 0.3) is 0 Å². The Morgan fingerprint density at radius 2 is 1.52 bits per heavy atom. The van der Waals surface area contributed by atoms with Crippen molar-refractivity contribution in [2.45, 2.75) is 63.8 Å².